The second-order valence-electron chi connectivity index (χ2n) is 4.06. The summed E-state index contributed by atoms with van der Waals surface area (Å²) in [7, 11) is 0. The van der Waals surface area contributed by atoms with Gasteiger partial charge in [0.05, 0.1) is 11.3 Å². The molecule has 0 aliphatic rings. The van der Waals surface area contributed by atoms with Crippen LogP contribution in [0.2, 0.25) is 0 Å². The van der Waals surface area contributed by atoms with E-state index in [1.165, 1.54) is 13.0 Å². The van der Waals surface area contributed by atoms with Gasteiger partial charge in [-0.1, -0.05) is 5.16 Å². The second kappa shape index (κ2) is 5.93. The summed E-state index contributed by atoms with van der Waals surface area (Å²) in [4.78, 5) is 4.00. The lowest BCUT2D eigenvalue weighted by Gasteiger charge is -2.18. The van der Waals surface area contributed by atoms with Crippen LogP contribution in [0.5, 0.6) is 5.75 Å². The molecular weight excluding hydrogens is 282 g/mol. The molecule has 0 aliphatic carbocycles. The van der Waals surface area contributed by atoms with Gasteiger partial charge in [0, 0.05) is 11.8 Å². The number of aromatic nitrogens is 1. The molecule has 0 spiro atoms. The van der Waals surface area contributed by atoms with E-state index < -0.39 is 24.8 Å². The number of hydrogen-bond donors (Lipinski definition) is 2. The Kier molecular flexibility index (Phi) is 4.74. The largest absolute Gasteiger partial charge is 0.486 e. The van der Waals surface area contributed by atoms with E-state index in [1.54, 1.807) is 6.92 Å². The number of oxime groups is 1. The minimum Gasteiger partial charge on any atom is -0.486 e. The molecule has 0 unspecified atom stereocenters. The van der Waals surface area contributed by atoms with Crippen molar-refractivity contribution in [2.24, 2.45) is 10.9 Å². The molecule has 9 heteroatoms. The molecule has 0 saturated carbocycles. The molecule has 0 fully saturated rings. The van der Waals surface area contributed by atoms with Gasteiger partial charge in [-0.05, 0) is 13.8 Å². The van der Waals surface area contributed by atoms with Gasteiger partial charge in [-0.25, -0.2) is 8.78 Å². The lowest BCUT2D eigenvalue weighted by Crippen LogP contribution is -2.34. The fourth-order valence-corrected chi connectivity index (χ4v) is 1.51. The number of amidine groups is 1. The number of rotatable bonds is 5. The van der Waals surface area contributed by atoms with E-state index in [-0.39, 0.29) is 17.0 Å². The number of nitrogens with zero attached hydrogens (tertiary/aromatic N) is 2. The maximum atomic E-state index is 12.8. The lowest BCUT2D eigenvalue weighted by atomic mass is 10.1. The van der Waals surface area contributed by atoms with Gasteiger partial charge in [0.15, 0.2) is 12.4 Å². The number of alkyl halides is 4. The number of halogens is 4. The average molecular weight is 295 g/mol. The molecule has 3 N–H and O–H groups in total. The number of nitrogens with two attached hydrogens (primary N) is 1. The van der Waals surface area contributed by atoms with Crippen molar-refractivity contribution in [1.29, 1.82) is 0 Å². The third-order valence-corrected chi connectivity index (χ3v) is 2.40. The second-order valence-corrected chi connectivity index (χ2v) is 4.06. The lowest BCUT2D eigenvalue weighted by molar-refractivity contribution is -0.148. The Morgan fingerprint density at radius 2 is 2.10 bits per heavy atom. The Morgan fingerprint density at radius 3 is 2.60 bits per heavy atom. The molecule has 1 heterocycles. The zero-order valence-electron chi connectivity index (χ0n) is 10.7. The summed E-state index contributed by atoms with van der Waals surface area (Å²) < 4.78 is 54.5. The first-order chi connectivity index (χ1) is 9.19. The number of aryl methyl sites for hydroxylation is 2. The van der Waals surface area contributed by atoms with Gasteiger partial charge in [-0.2, -0.15) is 8.78 Å². The molecule has 1 aromatic heterocycles. The summed E-state index contributed by atoms with van der Waals surface area (Å²) in [6, 6.07) is 1.24. The number of ether oxygens (including phenoxy) is 1. The topological polar surface area (TPSA) is 80.7 Å². The van der Waals surface area contributed by atoms with Crippen LogP contribution in [-0.4, -0.2) is 35.0 Å². The fraction of sp³-hybridized carbons (Fsp3) is 0.455. The van der Waals surface area contributed by atoms with Crippen molar-refractivity contribution in [1.82, 2.24) is 4.98 Å². The van der Waals surface area contributed by atoms with Crippen LogP contribution in [0.1, 0.15) is 17.0 Å². The molecule has 1 aromatic rings. The maximum absolute atomic E-state index is 12.8. The van der Waals surface area contributed by atoms with Crippen LogP contribution in [0.3, 0.4) is 0 Å². The van der Waals surface area contributed by atoms with Gasteiger partial charge in [-0.15, -0.1) is 0 Å². The highest BCUT2D eigenvalue weighted by atomic mass is 19.3. The third kappa shape index (κ3) is 3.49. The van der Waals surface area contributed by atoms with Crippen molar-refractivity contribution in [3.8, 4) is 5.75 Å². The monoisotopic (exact) mass is 295 g/mol. The Balaban J connectivity index is 3.12. The maximum Gasteiger partial charge on any atom is 0.340 e. The summed E-state index contributed by atoms with van der Waals surface area (Å²) in [5.74, 6) is -4.91. The van der Waals surface area contributed by atoms with Gasteiger partial charge in [0.25, 0.3) is 0 Å². The molecule has 20 heavy (non-hydrogen) atoms. The standard InChI is InChI=1S/C11H13F4N3O2/c1-5-3-7(20-4-11(14,15)10(12)13)8(6(2)17-5)9(16)18-19/h3,10,19H,4H2,1-2H3,(H2,16,18). The van der Waals surface area contributed by atoms with Crippen LogP contribution in [0.15, 0.2) is 11.2 Å². The van der Waals surface area contributed by atoms with Crippen molar-refractivity contribution in [3.63, 3.8) is 0 Å². The van der Waals surface area contributed by atoms with Crippen LogP contribution < -0.4 is 10.5 Å². The molecule has 0 saturated heterocycles. The van der Waals surface area contributed by atoms with Gasteiger partial charge < -0.3 is 15.7 Å². The normalized spacial score (nSPS) is 12.8. The van der Waals surface area contributed by atoms with E-state index >= 15 is 0 Å². The Hall–Kier alpha value is -2.06. The Labute approximate surface area is 112 Å². The molecule has 0 radical (unpaired) electrons. The van der Waals surface area contributed by atoms with Gasteiger partial charge >= 0.3 is 12.3 Å². The first kappa shape index (κ1) is 16.0. The van der Waals surface area contributed by atoms with Crippen LogP contribution in [-0.2, 0) is 0 Å². The van der Waals surface area contributed by atoms with Crippen molar-refractivity contribution in [2.75, 3.05) is 6.61 Å². The first-order valence-corrected chi connectivity index (χ1v) is 5.44. The summed E-state index contributed by atoms with van der Waals surface area (Å²) in [6.07, 6.45) is -3.85. The minimum atomic E-state index is -4.30. The van der Waals surface area contributed by atoms with Crippen molar-refractivity contribution in [3.05, 3.63) is 23.0 Å². The SMILES string of the molecule is Cc1cc(OCC(F)(F)C(F)F)c(/C(N)=N/O)c(C)n1. The predicted octanol–water partition coefficient (Wildman–Crippen LogP) is 2.07. The minimum absolute atomic E-state index is 0.0248. The Bertz CT molecular complexity index is 521. The molecule has 0 aliphatic heterocycles. The summed E-state index contributed by atoms with van der Waals surface area (Å²) in [5, 5.41) is 11.4. The summed E-state index contributed by atoms with van der Waals surface area (Å²) in [5.41, 5.74) is 6.03. The number of hydrogen-bond acceptors (Lipinski definition) is 4. The Morgan fingerprint density at radius 1 is 1.50 bits per heavy atom. The first-order valence-electron chi connectivity index (χ1n) is 5.44. The average Bonchev–Trinajstić information content (AvgIpc) is 2.34. The molecule has 0 atom stereocenters. The molecule has 112 valence electrons. The smallest absolute Gasteiger partial charge is 0.340 e. The van der Waals surface area contributed by atoms with Crippen LogP contribution in [0.25, 0.3) is 0 Å². The zero-order chi connectivity index (χ0) is 15.5. The molecule has 0 bridgehead atoms. The number of pyridine rings is 1. The molecular formula is C11H13F4N3O2. The van der Waals surface area contributed by atoms with E-state index in [0.717, 1.165) is 0 Å². The predicted molar refractivity (Wildman–Crippen MR) is 62.7 cm³/mol. The van der Waals surface area contributed by atoms with Crippen molar-refractivity contribution < 1.29 is 27.5 Å². The summed E-state index contributed by atoms with van der Waals surface area (Å²) >= 11 is 0. The van der Waals surface area contributed by atoms with E-state index in [0.29, 0.717) is 5.69 Å². The molecule has 0 amide bonds. The highest BCUT2D eigenvalue weighted by Crippen LogP contribution is 2.27. The van der Waals surface area contributed by atoms with Crippen molar-refractivity contribution in [2.45, 2.75) is 26.2 Å². The highest BCUT2D eigenvalue weighted by molar-refractivity contribution is 6.00. The van der Waals surface area contributed by atoms with E-state index in [2.05, 4.69) is 10.1 Å². The highest BCUT2D eigenvalue weighted by Gasteiger charge is 2.42. The molecule has 5 nitrogen and oxygen atoms in total. The van der Waals surface area contributed by atoms with Gasteiger partial charge in [0.1, 0.15) is 5.75 Å². The van der Waals surface area contributed by atoms with E-state index in [9.17, 15) is 17.6 Å². The van der Waals surface area contributed by atoms with E-state index in [1.807, 2.05) is 0 Å². The van der Waals surface area contributed by atoms with E-state index in [4.69, 9.17) is 15.7 Å². The molecule has 0 aromatic carbocycles. The van der Waals surface area contributed by atoms with Crippen LogP contribution in [0.4, 0.5) is 17.6 Å². The zero-order valence-corrected chi connectivity index (χ0v) is 10.7. The van der Waals surface area contributed by atoms with Crippen molar-refractivity contribution >= 4 is 5.84 Å². The fourth-order valence-electron chi connectivity index (χ4n) is 1.51. The molecule has 1 rings (SSSR count). The quantitative estimate of drug-likeness (QED) is 0.286. The third-order valence-electron chi connectivity index (χ3n) is 2.40. The van der Waals surface area contributed by atoms with Gasteiger partial charge in [-0.3, -0.25) is 4.98 Å². The summed E-state index contributed by atoms with van der Waals surface area (Å²) in [6.45, 7) is 1.51. The van der Waals surface area contributed by atoms with Gasteiger partial charge in [0.2, 0.25) is 0 Å². The van der Waals surface area contributed by atoms with Crippen LogP contribution >= 0.6 is 0 Å². The van der Waals surface area contributed by atoms with Crippen LogP contribution in [0, 0.1) is 13.8 Å².